The molecule has 0 saturated heterocycles. The second-order valence-corrected chi connectivity index (χ2v) is 6.98. The maximum absolute atomic E-state index is 12.2. The molecule has 0 aromatic heterocycles. The van der Waals surface area contributed by atoms with Crippen LogP contribution in [0.3, 0.4) is 0 Å². The molecule has 0 fully saturated rings. The molecule has 0 aliphatic heterocycles. The van der Waals surface area contributed by atoms with Crippen LogP contribution in [0.5, 0.6) is 11.5 Å². The molecule has 0 unspecified atom stereocenters. The number of hydrogen-bond donors (Lipinski definition) is 1. The Labute approximate surface area is 171 Å². The van der Waals surface area contributed by atoms with Gasteiger partial charge in [-0.15, -0.1) is 0 Å². The van der Waals surface area contributed by atoms with Crippen LogP contribution in [-0.4, -0.2) is 32.4 Å². The zero-order valence-corrected chi connectivity index (χ0v) is 17.0. The molecule has 154 valence electrons. The highest BCUT2D eigenvalue weighted by atomic mass is 16.6. The molecule has 6 heteroatoms. The first-order valence-corrected chi connectivity index (χ1v) is 10.0. The summed E-state index contributed by atoms with van der Waals surface area (Å²) >= 11 is 0. The minimum Gasteiger partial charge on any atom is -0.493 e. The number of fused-ring (bicyclic) bond motifs is 1. The molecule has 1 N–H and O–H groups in total. The van der Waals surface area contributed by atoms with E-state index in [2.05, 4.69) is 22.6 Å². The Kier molecular flexibility index (Phi) is 7.50. The van der Waals surface area contributed by atoms with E-state index < -0.39 is 0 Å². The van der Waals surface area contributed by atoms with Gasteiger partial charge >= 0.3 is 0 Å². The van der Waals surface area contributed by atoms with Crippen LogP contribution in [0.1, 0.15) is 48.9 Å². The highest BCUT2D eigenvalue weighted by Crippen LogP contribution is 2.29. The van der Waals surface area contributed by atoms with Crippen molar-refractivity contribution >= 4 is 12.1 Å². The van der Waals surface area contributed by atoms with Crippen molar-refractivity contribution in [2.75, 3.05) is 20.3 Å². The fourth-order valence-electron chi connectivity index (χ4n) is 3.43. The molecule has 2 aromatic rings. The lowest BCUT2D eigenvalue weighted by Gasteiger charge is -2.26. The summed E-state index contributed by atoms with van der Waals surface area (Å²) in [4.78, 5) is 17.4. The van der Waals surface area contributed by atoms with Crippen LogP contribution in [0.15, 0.2) is 47.6 Å². The topological polar surface area (TPSA) is 69.2 Å². The van der Waals surface area contributed by atoms with E-state index >= 15 is 0 Å². The number of rotatable bonds is 9. The highest BCUT2D eigenvalue weighted by molar-refractivity contribution is 5.81. The standard InChI is InChI=1S/C23H28N2O4/c1-3-13-28-21-12-11-17(14-22(21)27-2)15-24-29-16-23(26)25-20-10-6-8-18-7-4-5-9-19(18)20/h4-5,7,9,11-12,14-15,20H,3,6,8,10,13,16H2,1-2H3,(H,25,26)/b24-15-/t20-/m1/s1. The van der Waals surface area contributed by atoms with Gasteiger partial charge in [0.25, 0.3) is 5.91 Å². The number of carbonyl (C=O) groups excluding carboxylic acids is 1. The summed E-state index contributed by atoms with van der Waals surface area (Å²) in [6.07, 6.45) is 5.55. The van der Waals surface area contributed by atoms with Gasteiger partial charge in [0.05, 0.1) is 26.0 Å². The lowest BCUT2D eigenvalue weighted by Crippen LogP contribution is -2.33. The predicted octanol–water partition coefficient (Wildman–Crippen LogP) is 4.03. The number of carbonyl (C=O) groups is 1. The van der Waals surface area contributed by atoms with E-state index in [4.69, 9.17) is 14.3 Å². The molecular weight excluding hydrogens is 368 g/mol. The van der Waals surface area contributed by atoms with Crippen molar-refractivity contribution in [3.05, 3.63) is 59.2 Å². The van der Waals surface area contributed by atoms with Gasteiger partial charge in [-0.3, -0.25) is 4.79 Å². The second kappa shape index (κ2) is 10.5. The largest absolute Gasteiger partial charge is 0.493 e. The molecule has 29 heavy (non-hydrogen) atoms. The first kappa shape index (κ1) is 20.7. The van der Waals surface area contributed by atoms with E-state index in [-0.39, 0.29) is 18.6 Å². The van der Waals surface area contributed by atoms with Crippen LogP contribution >= 0.6 is 0 Å². The highest BCUT2D eigenvalue weighted by Gasteiger charge is 2.21. The van der Waals surface area contributed by atoms with Crippen molar-refractivity contribution in [3.63, 3.8) is 0 Å². The minimum absolute atomic E-state index is 0.0416. The van der Waals surface area contributed by atoms with E-state index in [0.717, 1.165) is 31.2 Å². The summed E-state index contributed by atoms with van der Waals surface area (Å²) in [5.41, 5.74) is 3.31. The Bertz CT molecular complexity index is 851. The molecule has 0 heterocycles. The smallest absolute Gasteiger partial charge is 0.261 e. The molecule has 1 aliphatic rings. The normalized spacial score (nSPS) is 15.6. The Hall–Kier alpha value is -3.02. The molecule has 0 saturated carbocycles. The Morgan fingerprint density at radius 2 is 2.10 bits per heavy atom. The summed E-state index contributed by atoms with van der Waals surface area (Å²) < 4.78 is 11.0. The molecule has 0 radical (unpaired) electrons. The van der Waals surface area contributed by atoms with Gasteiger partial charge in [-0.2, -0.15) is 0 Å². The first-order chi connectivity index (χ1) is 14.2. The Morgan fingerprint density at radius 1 is 1.24 bits per heavy atom. The van der Waals surface area contributed by atoms with Crippen LogP contribution in [0, 0.1) is 0 Å². The first-order valence-electron chi connectivity index (χ1n) is 10.0. The molecule has 0 bridgehead atoms. The van der Waals surface area contributed by atoms with E-state index in [1.165, 1.54) is 11.1 Å². The van der Waals surface area contributed by atoms with Gasteiger partial charge in [-0.05, 0) is 55.0 Å². The van der Waals surface area contributed by atoms with Crippen LogP contribution in [0.2, 0.25) is 0 Å². The average Bonchev–Trinajstić information content (AvgIpc) is 2.76. The fourth-order valence-corrected chi connectivity index (χ4v) is 3.43. The number of ether oxygens (including phenoxy) is 2. The summed E-state index contributed by atoms with van der Waals surface area (Å²) in [5.74, 6) is 1.15. The SMILES string of the molecule is CCCOc1ccc(/C=N\OCC(=O)N[C@@H]2CCCc3ccccc32)cc1OC. The fraction of sp³-hybridized carbons (Fsp3) is 0.391. The zero-order valence-electron chi connectivity index (χ0n) is 17.0. The molecule has 6 nitrogen and oxygen atoms in total. The lowest BCUT2D eigenvalue weighted by molar-refractivity contribution is -0.126. The quantitative estimate of drug-likeness (QED) is 0.513. The van der Waals surface area contributed by atoms with Gasteiger partial charge in [0.15, 0.2) is 18.1 Å². The summed E-state index contributed by atoms with van der Waals surface area (Å²) in [7, 11) is 1.60. The van der Waals surface area contributed by atoms with Gasteiger partial charge in [0.1, 0.15) is 0 Å². The molecular formula is C23H28N2O4. The van der Waals surface area contributed by atoms with Crippen molar-refractivity contribution in [2.24, 2.45) is 5.16 Å². The third-order valence-electron chi connectivity index (χ3n) is 4.83. The number of aryl methyl sites for hydroxylation is 1. The minimum atomic E-state index is -0.176. The van der Waals surface area contributed by atoms with Gasteiger partial charge in [0, 0.05) is 5.56 Å². The van der Waals surface area contributed by atoms with Crippen molar-refractivity contribution in [3.8, 4) is 11.5 Å². The summed E-state index contributed by atoms with van der Waals surface area (Å²) in [6.45, 7) is 2.56. The zero-order chi connectivity index (χ0) is 20.5. The van der Waals surface area contributed by atoms with Crippen LogP contribution in [-0.2, 0) is 16.1 Å². The maximum atomic E-state index is 12.2. The molecule has 1 amide bonds. The van der Waals surface area contributed by atoms with E-state index in [0.29, 0.717) is 18.1 Å². The number of amides is 1. The molecule has 2 aromatic carbocycles. The van der Waals surface area contributed by atoms with Crippen molar-refractivity contribution in [2.45, 2.75) is 38.6 Å². The van der Waals surface area contributed by atoms with Crippen molar-refractivity contribution in [1.29, 1.82) is 0 Å². The third-order valence-corrected chi connectivity index (χ3v) is 4.83. The van der Waals surface area contributed by atoms with Crippen molar-refractivity contribution < 1.29 is 19.1 Å². The molecule has 1 aliphatic carbocycles. The monoisotopic (exact) mass is 396 g/mol. The van der Waals surface area contributed by atoms with Gasteiger partial charge in [-0.1, -0.05) is 36.3 Å². The third kappa shape index (κ3) is 5.73. The van der Waals surface area contributed by atoms with E-state index in [1.807, 2.05) is 37.3 Å². The Morgan fingerprint density at radius 3 is 2.93 bits per heavy atom. The van der Waals surface area contributed by atoms with Crippen molar-refractivity contribution in [1.82, 2.24) is 5.32 Å². The Balaban J connectivity index is 1.50. The van der Waals surface area contributed by atoms with Crippen LogP contribution in [0.4, 0.5) is 0 Å². The average molecular weight is 396 g/mol. The number of methoxy groups -OCH3 is 1. The van der Waals surface area contributed by atoms with Crippen LogP contribution in [0.25, 0.3) is 0 Å². The summed E-state index contributed by atoms with van der Waals surface area (Å²) in [5, 5.41) is 6.95. The number of nitrogens with zero attached hydrogens (tertiary/aromatic N) is 1. The van der Waals surface area contributed by atoms with Gasteiger partial charge < -0.3 is 19.6 Å². The molecule has 1 atom stereocenters. The van der Waals surface area contributed by atoms with Crippen LogP contribution < -0.4 is 14.8 Å². The molecule has 3 rings (SSSR count). The van der Waals surface area contributed by atoms with Gasteiger partial charge in [-0.25, -0.2) is 0 Å². The molecule has 0 spiro atoms. The lowest BCUT2D eigenvalue weighted by atomic mass is 9.88. The number of oxime groups is 1. The number of nitrogens with one attached hydrogen (secondary N) is 1. The van der Waals surface area contributed by atoms with E-state index in [9.17, 15) is 4.79 Å². The van der Waals surface area contributed by atoms with Gasteiger partial charge in [0.2, 0.25) is 0 Å². The second-order valence-electron chi connectivity index (χ2n) is 6.98. The maximum Gasteiger partial charge on any atom is 0.261 e. The number of hydrogen-bond acceptors (Lipinski definition) is 5. The predicted molar refractivity (Wildman–Crippen MR) is 113 cm³/mol. The summed E-state index contributed by atoms with van der Waals surface area (Å²) in [6, 6.07) is 13.8. The van der Waals surface area contributed by atoms with E-state index in [1.54, 1.807) is 13.3 Å². The number of benzene rings is 2.